The molecular formula is C11H14N4S. The van der Waals surface area contributed by atoms with Gasteiger partial charge in [-0.3, -0.25) is 0 Å². The third-order valence-electron chi connectivity index (χ3n) is 2.39. The van der Waals surface area contributed by atoms with Gasteiger partial charge in [0.2, 0.25) is 0 Å². The van der Waals surface area contributed by atoms with E-state index in [1.807, 2.05) is 6.07 Å². The molecule has 4 nitrogen and oxygen atoms in total. The molecule has 0 spiro atoms. The van der Waals surface area contributed by atoms with E-state index in [1.165, 1.54) is 5.56 Å². The summed E-state index contributed by atoms with van der Waals surface area (Å²) in [6.45, 7) is 4.12. The van der Waals surface area contributed by atoms with Crippen molar-refractivity contribution >= 4 is 17.2 Å². The number of nitrogen functional groups attached to an aromatic ring is 1. The summed E-state index contributed by atoms with van der Waals surface area (Å²) in [7, 11) is 0. The molecule has 0 aliphatic rings. The third kappa shape index (κ3) is 2.05. The minimum atomic E-state index is 0.660. The van der Waals surface area contributed by atoms with Crippen LogP contribution >= 0.6 is 11.3 Å². The molecule has 84 valence electrons. The quantitative estimate of drug-likeness (QED) is 0.632. The lowest BCUT2D eigenvalue weighted by atomic mass is 10.2. The van der Waals surface area contributed by atoms with Crippen molar-refractivity contribution in [3.8, 4) is 11.4 Å². The van der Waals surface area contributed by atoms with Gasteiger partial charge in [0.1, 0.15) is 5.82 Å². The number of aromatic nitrogens is 2. The molecule has 0 atom stereocenters. The first-order valence-corrected chi connectivity index (χ1v) is 6.06. The number of nitrogens with one attached hydrogen (secondary N) is 1. The normalized spacial score (nSPS) is 10.4. The Morgan fingerprint density at radius 1 is 1.38 bits per heavy atom. The zero-order chi connectivity index (χ0) is 11.5. The molecule has 0 saturated heterocycles. The first kappa shape index (κ1) is 11.0. The summed E-state index contributed by atoms with van der Waals surface area (Å²) >= 11 is 1.66. The Kier molecular flexibility index (Phi) is 3.17. The highest BCUT2D eigenvalue weighted by Gasteiger charge is 2.08. The van der Waals surface area contributed by atoms with E-state index >= 15 is 0 Å². The molecule has 0 bridgehead atoms. The van der Waals surface area contributed by atoms with Gasteiger partial charge in [0.15, 0.2) is 5.82 Å². The highest BCUT2D eigenvalue weighted by Crippen LogP contribution is 2.25. The molecule has 0 aliphatic heterocycles. The number of rotatable bonds is 3. The number of nitrogens with zero attached hydrogens (tertiary/aromatic N) is 2. The van der Waals surface area contributed by atoms with Crippen LogP contribution in [-0.2, 0) is 6.42 Å². The largest absolute Gasteiger partial charge is 0.308 e. The number of hydrogen-bond acceptors (Lipinski definition) is 5. The van der Waals surface area contributed by atoms with Crippen molar-refractivity contribution in [2.45, 2.75) is 20.3 Å². The van der Waals surface area contributed by atoms with Crippen LogP contribution in [-0.4, -0.2) is 9.97 Å². The summed E-state index contributed by atoms with van der Waals surface area (Å²) in [5.74, 6) is 6.80. The molecular weight excluding hydrogens is 220 g/mol. The van der Waals surface area contributed by atoms with Crippen LogP contribution in [0.1, 0.15) is 18.2 Å². The maximum absolute atomic E-state index is 5.40. The van der Waals surface area contributed by atoms with E-state index in [0.29, 0.717) is 5.82 Å². The fourth-order valence-corrected chi connectivity index (χ4v) is 2.29. The van der Waals surface area contributed by atoms with Crippen molar-refractivity contribution in [3.63, 3.8) is 0 Å². The maximum atomic E-state index is 5.40. The van der Waals surface area contributed by atoms with Gasteiger partial charge in [-0.1, -0.05) is 6.92 Å². The Labute approximate surface area is 98.5 Å². The molecule has 5 heteroatoms. The number of hydrazine groups is 1. The second kappa shape index (κ2) is 4.59. The van der Waals surface area contributed by atoms with Crippen molar-refractivity contribution in [1.29, 1.82) is 0 Å². The molecule has 3 N–H and O–H groups in total. The Morgan fingerprint density at radius 3 is 2.75 bits per heavy atom. The second-order valence-corrected chi connectivity index (χ2v) is 4.28. The van der Waals surface area contributed by atoms with Crippen molar-refractivity contribution in [1.82, 2.24) is 9.97 Å². The standard InChI is InChI=1S/C11H14N4S/c1-3-8-4-10(15-12)14-11(13-8)9-6-16-5-7(9)2/h4-6H,3,12H2,1-2H3,(H,13,14,15). The topological polar surface area (TPSA) is 63.8 Å². The predicted molar refractivity (Wildman–Crippen MR) is 67.3 cm³/mol. The van der Waals surface area contributed by atoms with Crippen LogP contribution < -0.4 is 11.3 Å². The van der Waals surface area contributed by atoms with Gasteiger partial charge >= 0.3 is 0 Å². The summed E-state index contributed by atoms with van der Waals surface area (Å²) in [4.78, 5) is 8.87. The first-order chi connectivity index (χ1) is 7.74. The number of thiophene rings is 1. The Hall–Kier alpha value is -1.46. The molecule has 2 heterocycles. The molecule has 2 aromatic rings. The molecule has 0 unspecified atom stereocenters. The van der Waals surface area contributed by atoms with Crippen molar-refractivity contribution < 1.29 is 0 Å². The molecule has 0 aliphatic carbocycles. The molecule has 0 fully saturated rings. The van der Waals surface area contributed by atoms with E-state index in [4.69, 9.17) is 5.84 Å². The molecule has 0 radical (unpaired) electrons. The maximum Gasteiger partial charge on any atom is 0.162 e. The van der Waals surface area contributed by atoms with Crippen LogP contribution in [0.4, 0.5) is 5.82 Å². The molecule has 0 amide bonds. The highest BCUT2D eigenvalue weighted by molar-refractivity contribution is 7.08. The van der Waals surface area contributed by atoms with Crippen molar-refractivity contribution in [3.05, 3.63) is 28.1 Å². The van der Waals surface area contributed by atoms with E-state index in [1.54, 1.807) is 11.3 Å². The molecule has 0 saturated carbocycles. The summed E-state index contributed by atoms with van der Waals surface area (Å²) in [5, 5.41) is 4.15. The van der Waals surface area contributed by atoms with E-state index in [2.05, 4.69) is 40.0 Å². The fourth-order valence-electron chi connectivity index (χ4n) is 1.46. The third-order valence-corrected chi connectivity index (χ3v) is 3.25. The summed E-state index contributed by atoms with van der Waals surface area (Å²) < 4.78 is 0. The number of hydrogen-bond donors (Lipinski definition) is 2. The van der Waals surface area contributed by atoms with Gasteiger partial charge in [-0.2, -0.15) is 11.3 Å². The van der Waals surface area contributed by atoms with Crippen LogP contribution in [0.5, 0.6) is 0 Å². The summed E-state index contributed by atoms with van der Waals surface area (Å²) in [6, 6.07) is 1.87. The lowest BCUT2D eigenvalue weighted by Gasteiger charge is -2.06. The smallest absolute Gasteiger partial charge is 0.162 e. The minimum Gasteiger partial charge on any atom is -0.308 e. The molecule has 2 aromatic heterocycles. The van der Waals surface area contributed by atoms with E-state index in [9.17, 15) is 0 Å². The van der Waals surface area contributed by atoms with Gasteiger partial charge in [-0.05, 0) is 24.3 Å². The zero-order valence-corrected chi connectivity index (χ0v) is 10.1. The van der Waals surface area contributed by atoms with Crippen LogP contribution in [0.15, 0.2) is 16.8 Å². The van der Waals surface area contributed by atoms with Gasteiger partial charge in [-0.25, -0.2) is 15.8 Å². The highest BCUT2D eigenvalue weighted by atomic mass is 32.1. The molecule has 2 rings (SSSR count). The summed E-state index contributed by atoms with van der Waals surface area (Å²) in [6.07, 6.45) is 0.868. The van der Waals surface area contributed by atoms with Gasteiger partial charge in [0.05, 0.1) is 0 Å². The van der Waals surface area contributed by atoms with Crippen LogP contribution in [0.25, 0.3) is 11.4 Å². The molecule has 16 heavy (non-hydrogen) atoms. The average Bonchev–Trinajstić information content (AvgIpc) is 2.74. The lowest BCUT2D eigenvalue weighted by Crippen LogP contribution is -2.10. The van der Waals surface area contributed by atoms with Gasteiger partial charge < -0.3 is 5.43 Å². The Morgan fingerprint density at radius 2 is 2.19 bits per heavy atom. The SMILES string of the molecule is CCc1cc(NN)nc(-c2cscc2C)n1. The Bertz CT molecular complexity index is 470. The predicted octanol–water partition coefficient (Wildman–Crippen LogP) is 2.36. The zero-order valence-electron chi connectivity index (χ0n) is 9.32. The summed E-state index contributed by atoms with van der Waals surface area (Å²) in [5.41, 5.74) is 5.84. The first-order valence-electron chi connectivity index (χ1n) is 5.12. The number of anilines is 1. The van der Waals surface area contributed by atoms with Gasteiger partial charge in [0.25, 0.3) is 0 Å². The average molecular weight is 234 g/mol. The lowest BCUT2D eigenvalue weighted by molar-refractivity contribution is 1.00. The monoisotopic (exact) mass is 234 g/mol. The van der Waals surface area contributed by atoms with E-state index < -0.39 is 0 Å². The van der Waals surface area contributed by atoms with E-state index in [0.717, 1.165) is 23.5 Å². The van der Waals surface area contributed by atoms with Crippen LogP contribution in [0.3, 0.4) is 0 Å². The fraction of sp³-hybridized carbons (Fsp3) is 0.273. The minimum absolute atomic E-state index is 0.660. The number of nitrogens with two attached hydrogens (primary N) is 1. The van der Waals surface area contributed by atoms with Gasteiger partial charge in [-0.15, -0.1) is 0 Å². The van der Waals surface area contributed by atoms with Crippen molar-refractivity contribution in [2.24, 2.45) is 5.84 Å². The Balaban J connectivity index is 2.52. The van der Waals surface area contributed by atoms with E-state index in [-0.39, 0.29) is 0 Å². The number of aryl methyl sites for hydroxylation is 2. The van der Waals surface area contributed by atoms with Gasteiger partial charge in [0, 0.05) is 22.7 Å². The van der Waals surface area contributed by atoms with Crippen LogP contribution in [0.2, 0.25) is 0 Å². The second-order valence-electron chi connectivity index (χ2n) is 3.53. The molecule has 0 aromatic carbocycles. The van der Waals surface area contributed by atoms with Crippen molar-refractivity contribution in [2.75, 3.05) is 5.43 Å². The van der Waals surface area contributed by atoms with Crippen LogP contribution in [0, 0.1) is 6.92 Å².